The maximum atomic E-state index is 13.0. The monoisotopic (exact) mass is 446 g/mol. The van der Waals surface area contributed by atoms with E-state index in [1.807, 2.05) is 6.92 Å². The molecule has 0 saturated carbocycles. The minimum absolute atomic E-state index is 0.0413. The standard InChI is InChI=1S/C22H26N2O6S/c1-2-28-18-7-4-10-24(15-18)22(25)16-5-3-6-17(13-16)23-31(26,27)19-8-9-20-21(14-19)30-12-11-29-20/h3,5-6,8-9,13-14,18,23H,2,4,7,10-12,15H2,1H3. The third kappa shape index (κ3) is 4.94. The summed E-state index contributed by atoms with van der Waals surface area (Å²) in [6, 6.07) is 11.0. The lowest BCUT2D eigenvalue weighted by Gasteiger charge is -2.32. The SMILES string of the molecule is CCOC1CCCN(C(=O)c2cccc(NS(=O)(=O)c3ccc4c(c3)OCCO4)c2)C1. The van der Waals surface area contributed by atoms with Crippen LogP contribution in [-0.2, 0) is 14.8 Å². The number of nitrogens with one attached hydrogen (secondary N) is 1. The third-order valence-electron chi connectivity index (χ3n) is 5.25. The number of carbonyl (C=O) groups excluding carboxylic acids is 1. The number of sulfonamides is 1. The van der Waals surface area contributed by atoms with Crippen molar-refractivity contribution in [3.05, 3.63) is 48.0 Å². The summed E-state index contributed by atoms with van der Waals surface area (Å²) >= 11 is 0. The molecule has 9 heteroatoms. The summed E-state index contributed by atoms with van der Waals surface area (Å²) in [6.45, 7) is 4.56. The van der Waals surface area contributed by atoms with Crippen molar-refractivity contribution in [3.63, 3.8) is 0 Å². The molecule has 166 valence electrons. The normalized spacial score (nSPS) is 18.5. The molecule has 1 N–H and O–H groups in total. The molecule has 4 rings (SSSR count). The van der Waals surface area contributed by atoms with Gasteiger partial charge in [0.1, 0.15) is 13.2 Å². The average Bonchev–Trinajstić information content (AvgIpc) is 2.78. The summed E-state index contributed by atoms with van der Waals surface area (Å²) in [7, 11) is -3.86. The number of likely N-dealkylation sites (tertiary alicyclic amines) is 1. The fourth-order valence-corrected chi connectivity index (χ4v) is 4.86. The number of piperidine rings is 1. The van der Waals surface area contributed by atoms with E-state index in [9.17, 15) is 13.2 Å². The number of fused-ring (bicyclic) bond motifs is 1. The van der Waals surface area contributed by atoms with Crippen LogP contribution >= 0.6 is 0 Å². The van der Waals surface area contributed by atoms with E-state index in [1.54, 1.807) is 35.2 Å². The summed E-state index contributed by atoms with van der Waals surface area (Å²) in [5, 5.41) is 0. The quantitative estimate of drug-likeness (QED) is 0.733. The van der Waals surface area contributed by atoms with Crippen LogP contribution in [0.5, 0.6) is 11.5 Å². The van der Waals surface area contributed by atoms with Gasteiger partial charge in [0.25, 0.3) is 15.9 Å². The first-order chi connectivity index (χ1) is 15.0. The third-order valence-corrected chi connectivity index (χ3v) is 6.63. The summed E-state index contributed by atoms with van der Waals surface area (Å²) in [6.07, 6.45) is 1.86. The van der Waals surface area contributed by atoms with Gasteiger partial charge in [-0.3, -0.25) is 9.52 Å². The number of carbonyl (C=O) groups is 1. The molecule has 2 aromatic rings. The van der Waals surface area contributed by atoms with Crippen molar-refractivity contribution in [1.29, 1.82) is 0 Å². The molecule has 0 radical (unpaired) electrons. The molecule has 2 aliphatic rings. The Hall–Kier alpha value is -2.78. The second-order valence-corrected chi connectivity index (χ2v) is 9.14. The lowest BCUT2D eigenvalue weighted by Crippen LogP contribution is -2.43. The van der Waals surface area contributed by atoms with Crippen LogP contribution in [0.1, 0.15) is 30.1 Å². The Bertz CT molecular complexity index is 1050. The Labute approximate surface area is 182 Å². The molecule has 0 aromatic heterocycles. The zero-order valence-corrected chi connectivity index (χ0v) is 18.2. The predicted molar refractivity (Wildman–Crippen MR) is 115 cm³/mol. The van der Waals surface area contributed by atoms with Gasteiger partial charge >= 0.3 is 0 Å². The molecule has 0 spiro atoms. The maximum absolute atomic E-state index is 13.0. The highest BCUT2D eigenvalue weighted by Gasteiger charge is 2.25. The summed E-state index contributed by atoms with van der Waals surface area (Å²) in [5.74, 6) is 0.779. The highest BCUT2D eigenvalue weighted by atomic mass is 32.2. The largest absolute Gasteiger partial charge is 0.486 e. The van der Waals surface area contributed by atoms with E-state index in [0.717, 1.165) is 12.8 Å². The predicted octanol–water partition coefficient (Wildman–Crippen LogP) is 2.90. The number of hydrogen-bond acceptors (Lipinski definition) is 6. The minimum atomic E-state index is -3.86. The first-order valence-corrected chi connectivity index (χ1v) is 11.9. The van der Waals surface area contributed by atoms with E-state index in [1.165, 1.54) is 12.1 Å². The summed E-state index contributed by atoms with van der Waals surface area (Å²) in [4.78, 5) is 14.8. The van der Waals surface area contributed by atoms with Crippen LogP contribution in [-0.4, -0.2) is 58.2 Å². The first-order valence-electron chi connectivity index (χ1n) is 10.4. The molecule has 1 atom stereocenters. The molecule has 2 aromatic carbocycles. The maximum Gasteiger partial charge on any atom is 0.262 e. The number of ether oxygens (including phenoxy) is 3. The topological polar surface area (TPSA) is 94.2 Å². The Morgan fingerprint density at radius 1 is 1.16 bits per heavy atom. The molecule has 1 fully saturated rings. The van der Waals surface area contributed by atoms with Gasteiger partial charge in [-0.2, -0.15) is 0 Å². The Kier molecular flexibility index (Phi) is 6.33. The minimum Gasteiger partial charge on any atom is -0.486 e. The van der Waals surface area contributed by atoms with Gasteiger partial charge < -0.3 is 19.1 Å². The molecule has 8 nitrogen and oxygen atoms in total. The molecule has 2 aliphatic heterocycles. The van der Waals surface area contributed by atoms with Gasteiger partial charge in [0.2, 0.25) is 0 Å². The zero-order valence-electron chi connectivity index (χ0n) is 17.4. The molecule has 31 heavy (non-hydrogen) atoms. The Morgan fingerprint density at radius 2 is 1.97 bits per heavy atom. The second kappa shape index (κ2) is 9.15. The van der Waals surface area contributed by atoms with Crippen LogP contribution in [0.2, 0.25) is 0 Å². The van der Waals surface area contributed by atoms with Gasteiger partial charge in [-0.1, -0.05) is 6.07 Å². The van der Waals surface area contributed by atoms with Crippen molar-refractivity contribution in [2.75, 3.05) is 37.6 Å². The molecule has 1 amide bonds. The number of hydrogen-bond donors (Lipinski definition) is 1. The molecule has 1 unspecified atom stereocenters. The van der Waals surface area contributed by atoms with E-state index < -0.39 is 10.0 Å². The van der Waals surface area contributed by atoms with Crippen molar-refractivity contribution in [2.45, 2.75) is 30.8 Å². The van der Waals surface area contributed by atoms with Crippen molar-refractivity contribution >= 4 is 21.6 Å². The van der Waals surface area contributed by atoms with Gasteiger partial charge in [0.05, 0.1) is 11.0 Å². The summed E-state index contributed by atoms with van der Waals surface area (Å²) < 4.78 is 44.9. The lowest BCUT2D eigenvalue weighted by molar-refractivity contribution is 0.00724. The lowest BCUT2D eigenvalue weighted by atomic mass is 10.1. The molecule has 0 bridgehead atoms. The van der Waals surface area contributed by atoms with Crippen molar-refractivity contribution in [2.24, 2.45) is 0 Å². The fraction of sp³-hybridized carbons (Fsp3) is 0.409. The van der Waals surface area contributed by atoms with E-state index in [-0.39, 0.29) is 16.9 Å². The molecule has 0 aliphatic carbocycles. The Morgan fingerprint density at radius 3 is 2.77 bits per heavy atom. The number of amides is 1. The molecule has 1 saturated heterocycles. The van der Waals surface area contributed by atoms with Crippen molar-refractivity contribution in [1.82, 2.24) is 4.90 Å². The van der Waals surface area contributed by atoms with E-state index >= 15 is 0 Å². The molecule has 2 heterocycles. The van der Waals surface area contributed by atoms with Crippen LogP contribution in [0.3, 0.4) is 0 Å². The highest BCUT2D eigenvalue weighted by molar-refractivity contribution is 7.92. The average molecular weight is 447 g/mol. The van der Waals surface area contributed by atoms with Crippen LogP contribution < -0.4 is 14.2 Å². The number of anilines is 1. The molecular weight excluding hydrogens is 420 g/mol. The van der Waals surface area contributed by atoms with E-state index in [2.05, 4.69) is 4.72 Å². The van der Waals surface area contributed by atoms with Gasteiger partial charge in [-0.25, -0.2) is 8.42 Å². The van der Waals surface area contributed by atoms with E-state index in [0.29, 0.717) is 55.7 Å². The van der Waals surface area contributed by atoms with Gasteiger partial charge in [0.15, 0.2) is 11.5 Å². The van der Waals surface area contributed by atoms with Crippen LogP contribution in [0.25, 0.3) is 0 Å². The second-order valence-electron chi connectivity index (χ2n) is 7.46. The van der Waals surface area contributed by atoms with Crippen LogP contribution in [0.4, 0.5) is 5.69 Å². The van der Waals surface area contributed by atoms with Gasteiger partial charge in [0, 0.05) is 37.0 Å². The fourth-order valence-electron chi connectivity index (χ4n) is 3.80. The smallest absolute Gasteiger partial charge is 0.262 e. The molecular formula is C22H26N2O6S. The van der Waals surface area contributed by atoms with Crippen molar-refractivity contribution < 1.29 is 27.4 Å². The zero-order chi connectivity index (χ0) is 21.8. The highest BCUT2D eigenvalue weighted by Crippen LogP contribution is 2.32. The van der Waals surface area contributed by atoms with Crippen LogP contribution in [0.15, 0.2) is 47.4 Å². The number of benzene rings is 2. The summed E-state index contributed by atoms with van der Waals surface area (Å²) in [5.41, 5.74) is 0.749. The van der Waals surface area contributed by atoms with Gasteiger partial charge in [-0.15, -0.1) is 0 Å². The Balaban J connectivity index is 1.50. The number of rotatable bonds is 6. The number of nitrogens with zero attached hydrogens (tertiary/aromatic N) is 1. The van der Waals surface area contributed by atoms with E-state index in [4.69, 9.17) is 14.2 Å². The van der Waals surface area contributed by atoms with Crippen LogP contribution in [0, 0.1) is 0 Å². The van der Waals surface area contributed by atoms with Crippen molar-refractivity contribution in [3.8, 4) is 11.5 Å². The van der Waals surface area contributed by atoms with Gasteiger partial charge in [-0.05, 0) is 50.1 Å². The first kappa shape index (κ1) is 21.5.